The van der Waals surface area contributed by atoms with Gasteiger partial charge in [0.25, 0.3) is 0 Å². The second-order valence-corrected chi connectivity index (χ2v) is 4.81. The largest absolute Gasteiger partial charge is 1.00 e. The van der Waals surface area contributed by atoms with Crippen molar-refractivity contribution in [1.82, 2.24) is 0 Å². The first-order valence-corrected chi connectivity index (χ1v) is 5.09. The van der Waals surface area contributed by atoms with Crippen molar-refractivity contribution in [2.45, 2.75) is 47.1 Å². The number of allylic oxidation sites excluding steroid dienone is 2. The maximum atomic E-state index is 9.09. The molecule has 0 aliphatic carbocycles. The van der Waals surface area contributed by atoms with Gasteiger partial charge in [0.15, 0.2) is 0 Å². The van der Waals surface area contributed by atoms with E-state index in [1.807, 2.05) is 27.7 Å². The van der Waals surface area contributed by atoms with E-state index in [4.69, 9.17) is 10.5 Å². The Labute approximate surface area is 142 Å². The first-order valence-electron chi connectivity index (χ1n) is 4.64. The summed E-state index contributed by atoms with van der Waals surface area (Å²) >= 11 is 3.90. The minimum atomic E-state index is -0.500. The molecule has 2 nitrogen and oxygen atoms in total. The molecule has 0 aromatic carbocycles. The first kappa shape index (κ1) is 21.6. The molecule has 0 heterocycles. The third-order valence-corrected chi connectivity index (χ3v) is 1.89. The molecule has 0 amide bonds. The molecule has 0 radical (unpaired) electrons. The summed E-state index contributed by atoms with van der Waals surface area (Å²) in [5.74, 6) is 0.354. The molecule has 0 bridgehead atoms. The molecule has 0 spiro atoms. The van der Waals surface area contributed by atoms with E-state index in [1.54, 1.807) is 13.8 Å². The Balaban J connectivity index is -0.000000180. The van der Waals surface area contributed by atoms with E-state index in [0.29, 0.717) is 11.6 Å². The fourth-order valence-electron chi connectivity index (χ4n) is 0.271. The summed E-state index contributed by atoms with van der Waals surface area (Å²) in [4.78, 5) is 0.757. The maximum Gasteiger partial charge on any atom is 1.00 e. The van der Waals surface area contributed by atoms with Crippen LogP contribution in [0.5, 0.6) is 0 Å². The smallest absolute Gasteiger partial charge is 0.441 e. The molecule has 0 fully saturated rings. The van der Waals surface area contributed by atoms with Gasteiger partial charge >= 0.3 is 51.4 Å². The number of thiol groups is 1. The SMILES string of the molecule is CC(=N)[C-]=C(C)S.CC(C)C(C)(C)O.[K+]. The maximum absolute atomic E-state index is 9.09. The fraction of sp³-hybridized carbons (Fsp3) is 0.727. The Morgan fingerprint density at radius 1 is 1.33 bits per heavy atom. The summed E-state index contributed by atoms with van der Waals surface area (Å²) in [6, 6.07) is 0. The molecule has 4 heteroatoms. The van der Waals surface area contributed by atoms with Crippen molar-refractivity contribution in [1.29, 1.82) is 5.41 Å². The van der Waals surface area contributed by atoms with Gasteiger partial charge in [-0.25, -0.2) is 4.91 Å². The van der Waals surface area contributed by atoms with E-state index >= 15 is 0 Å². The number of aliphatic hydroxyl groups is 1. The van der Waals surface area contributed by atoms with Crippen molar-refractivity contribution in [2.75, 3.05) is 0 Å². The number of hydrogen-bond donors (Lipinski definition) is 3. The zero-order chi connectivity index (χ0) is 11.9. The summed E-state index contributed by atoms with van der Waals surface area (Å²) in [6.45, 7) is 11.1. The Hall–Kier alpha value is 1.36. The van der Waals surface area contributed by atoms with E-state index in [2.05, 4.69) is 18.7 Å². The summed E-state index contributed by atoms with van der Waals surface area (Å²) in [7, 11) is 0. The molecule has 2 N–H and O–H groups in total. The molecule has 0 aliphatic heterocycles. The zero-order valence-electron chi connectivity index (χ0n) is 11.0. The van der Waals surface area contributed by atoms with Crippen molar-refractivity contribution in [3.63, 3.8) is 0 Å². The Bertz CT molecular complexity index is 203. The van der Waals surface area contributed by atoms with Crippen molar-refractivity contribution in [3.8, 4) is 0 Å². The van der Waals surface area contributed by atoms with Crippen LogP contribution in [-0.2, 0) is 0 Å². The van der Waals surface area contributed by atoms with Crippen molar-refractivity contribution >= 4 is 18.3 Å². The molecule has 0 unspecified atom stereocenters. The Kier molecular flexibility index (Phi) is 15.1. The Morgan fingerprint density at radius 2 is 1.60 bits per heavy atom. The number of hydrogen-bond acceptors (Lipinski definition) is 3. The third-order valence-electron chi connectivity index (χ3n) is 1.78. The van der Waals surface area contributed by atoms with Crippen molar-refractivity contribution < 1.29 is 56.5 Å². The molecule has 0 saturated carbocycles. The van der Waals surface area contributed by atoms with Crippen LogP contribution in [0.25, 0.3) is 0 Å². The van der Waals surface area contributed by atoms with Crippen LogP contribution in [0.15, 0.2) is 4.91 Å². The molecule has 84 valence electrons. The van der Waals surface area contributed by atoms with Gasteiger partial charge in [0.05, 0.1) is 5.60 Å². The number of rotatable bonds is 2. The van der Waals surface area contributed by atoms with Crippen LogP contribution >= 0.6 is 12.6 Å². The molecule has 0 aliphatic rings. The monoisotopic (exact) mass is 255 g/mol. The molecule has 15 heavy (non-hydrogen) atoms. The van der Waals surface area contributed by atoms with Crippen molar-refractivity contribution in [2.24, 2.45) is 5.92 Å². The van der Waals surface area contributed by atoms with Gasteiger partial charge in [-0.3, -0.25) is 0 Å². The van der Waals surface area contributed by atoms with Gasteiger partial charge in [-0.1, -0.05) is 27.7 Å². The first-order chi connectivity index (χ1) is 6.07. The fourth-order valence-corrected chi connectivity index (χ4v) is 0.439. The van der Waals surface area contributed by atoms with Crippen LogP contribution in [0.4, 0.5) is 0 Å². The van der Waals surface area contributed by atoms with Crippen LogP contribution in [0.3, 0.4) is 0 Å². The van der Waals surface area contributed by atoms with Crippen LogP contribution in [-0.4, -0.2) is 16.4 Å². The summed E-state index contributed by atoms with van der Waals surface area (Å²) < 4.78 is 0. The molecule has 0 atom stereocenters. The summed E-state index contributed by atoms with van der Waals surface area (Å²) in [6.07, 6.45) is 2.67. The predicted molar refractivity (Wildman–Crippen MR) is 66.0 cm³/mol. The predicted octanol–water partition coefficient (Wildman–Crippen LogP) is 0.0802. The van der Waals surface area contributed by atoms with Crippen LogP contribution < -0.4 is 51.4 Å². The topological polar surface area (TPSA) is 44.1 Å². The van der Waals surface area contributed by atoms with Crippen LogP contribution in [0.1, 0.15) is 41.5 Å². The molecule has 0 aromatic heterocycles. The van der Waals surface area contributed by atoms with Crippen molar-refractivity contribution in [3.05, 3.63) is 11.0 Å². The Morgan fingerprint density at radius 3 is 1.60 bits per heavy atom. The van der Waals surface area contributed by atoms with Crippen LogP contribution in [0, 0.1) is 17.4 Å². The standard InChI is InChI=1S/C6H14O.C5H8NS.K/c1-5(2)6(3,4)7;1-4(6)3-5(2)7;/h5,7H,1-4H3;6-7H,1-2H3;/q;-1;+1. The van der Waals surface area contributed by atoms with E-state index in [-0.39, 0.29) is 51.4 Å². The molecular weight excluding hydrogens is 233 g/mol. The average Bonchev–Trinajstić information content (AvgIpc) is 1.81. The minimum absolute atomic E-state index is 0. The van der Waals surface area contributed by atoms with Crippen LogP contribution in [0.2, 0.25) is 0 Å². The second-order valence-electron chi connectivity index (χ2n) is 4.14. The second kappa shape index (κ2) is 10.5. The summed E-state index contributed by atoms with van der Waals surface area (Å²) in [5, 5.41) is 15.9. The van der Waals surface area contributed by atoms with E-state index in [9.17, 15) is 0 Å². The average molecular weight is 255 g/mol. The third kappa shape index (κ3) is 21.2. The van der Waals surface area contributed by atoms with E-state index < -0.39 is 5.60 Å². The van der Waals surface area contributed by atoms with Gasteiger partial charge < -0.3 is 16.6 Å². The molecule has 0 saturated heterocycles. The minimum Gasteiger partial charge on any atom is -0.441 e. The van der Waals surface area contributed by atoms with Gasteiger partial charge in [0, 0.05) is 0 Å². The molecular formula is C11H22KNOS. The van der Waals surface area contributed by atoms with Gasteiger partial charge in [0.2, 0.25) is 0 Å². The van der Waals surface area contributed by atoms with Gasteiger partial charge in [-0.05, 0) is 19.8 Å². The molecule has 0 rings (SSSR count). The summed E-state index contributed by atoms with van der Waals surface area (Å²) in [5.41, 5.74) is -0.0764. The van der Waals surface area contributed by atoms with Gasteiger partial charge in [-0.15, -0.1) is 5.71 Å². The van der Waals surface area contributed by atoms with Gasteiger partial charge in [-0.2, -0.15) is 12.6 Å². The van der Waals surface area contributed by atoms with E-state index in [1.165, 1.54) is 0 Å². The zero-order valence-corrected chi connectivity index (χ0v) is 15.0. The number of nitrogens with one attached hydrogen (secondary N) is 1. The van der Waals surface area contributed by atoms with Gasteiger partial charge in [0.1, 0.15) is 0 Å². The molecule has 0 aromatic rings. The van der Waals surface area contributed by atoms with E-state index in [0.717, 1.165) is 4.91 Å². The quantitative estimate of drug-likeness (QED) is 0.278. The normalized spacial score (nSPS) is 11.4.